The van der Waals surface area contributed by atoms with Gasteiger partial charge in [0.25, 0.3) is 5.91 Å². The molecule has 1 aromatic heterocycles. The second-order valence-electron chi connectivity index (χ2n) is 5.59. The molecule has 6 nitrogen and oxygen atoms in total. The molecule has 0 radical (unpaired) electrons. The van der Waals surface area contributed by atoms with Gasteiger partial charge in [-0.2, -0.15) is 0 Å². The molecule has 1 aliphatic rings. The number of phenols is 1. The molecule has 2 aromatic rings. The summed E-state index contributed by atoms with van der Waals surface area (Å²) in [5, 5.41) is 12.7. The summed E-state index contributed by atoms with van der Waals surface area (Å²) in [6, 6.07) is 4.81. The first kappa shape index (κ1) is 16.7. The van der Waals surface area contributed by atoms with Crippen molar-refractivity contribution in [2.75, 3.05) is 6.54 Å². The second-order valence-corrected chi connectivity index (χ2v) is 6.62. The third-order valence-electron chi connectivity index (χ3n) is 4.00. The summed E-state index contributed by atoms with van der Waals surface area (Å²) < 4.78 is 0.755. The largest absolute Gasteiger partial charge is 0.508 e. The van der Waals surface area contributed by atoms with Gasteiger partial charge in [-0.15, -0.1) is 17.8 Å². The molecule has 0 fully saturated rings. The number of nitrogens with zero attached hydrogens (tertiary/aromatic N) is 1. The van der Waals surface area contributed by atoms with E-state index in [1.807, 2.05) is 0 Å². The Morgan fingerprint density at radius 2 is 2.28 bits per heavy atom. The van der Waals surface area contributed by atoms with Gasteiger partial charge in [0.1, 0.15) is 16.2 Å². The SMILES string of the molecule is C#CCNC(=O)C1=CCC(C(N)=O)(c2nc3ccc(O)cc3s2)C=C1. The summed E-state index contributed by atoms with van der Waals surface area (Å²) in [6.45, 7) is 0.131. The van der Waals surface area contributed by atoms with Crippen LogP contribution < -0.4 is 11.1 Å². The number of primary amides is 1. The highest BCUT2D eigenvalue weighted by atomic mass is 32.1. The zero-order valence-corrected chi connectivity index (χ0v) is 14.0. The van der Waals surface area contributed by atoms with Gasteiger partial charge >= 0.3 is 0 Å². The Kier molecular flexibility index (Phi) is 4.30. The maximum Gasteiger partial charge on any atom is 0.251 e. The third kappa shape index (κ3) is 2.99. The lowest BCUT2D eigenvalue weighted by molar-refractivity contribution is -0.122. The van der Waals surface area contributed by atoms with Crippen LogP contribution in [0.25, 0.3) is 10.2 Å². The summed E-state index contributed by atoms with van der Waals surface area (Å²) in [5.41, 5.74) is 5.64. The highest BCUT2D eigenvalue weighted by molar-refractivity contribution is 7.18. The first-order chi connectivity index (χ1) is 12.0. The molecular formula is C18H15N3O3S. The lowest BCUT2D eigenvalue weighted by Gasteiger charge is -2.26. The highest BCUT2D eigenvalue weighted by Crippen LogP contribution is 2.39. The molecule has 2 amide bonds. The summed E-state index contributed by atoms with van der Waals surface area (Å²) in [5.74, 6) is 1.60. The van der Waals surface area contributed by atoms with Crippen LogP contribution in [0, 0.1) is 12.3 Å². The van der Waals surface area contributed by atoms with Crippen LogP contribution in [0.1, 0.15) is 11.4 Å². The van der Waals surface area contributed by atoms with Crippen LogP contribution >= 0.6 is 11.3 Å². The van der Waals surface area contributed by atoms with Gasteiger partial charge in [0.05, 0.1) is 16.8 Å². The fraction of sp³-hybridized carbons (Fsp3) is 0.167. The van der Waals surface area contributed by atoms with Crippen LogP contribution in [0.4, 0.5) is 0 Å². The number of aromatic nitrogens is 1. The zero-order chi connectivity index (χ0) is 18.0. The highest BCUT2D eigenvalue weighted by Gasteiger charge is 2.40. The number of carbonyl (C=O) groups is 2. The molecule has 7 heteroatoms. The van der Waals surface area contributed by atoms with Crippen molar-refractivity contribution >= 4 is 33.4 Å². The van der Waals surface area contributed by atoms with Gasteiger partial charge < -0.3 is 16.2 Å². The van der Waals surface area contributed by atoms with Gasteiger partial charge in [-0.25, -0.2) is 4.98 Å². The molecule has 1 unspecified atom stereocenters. The van der Waals surface area contributed by atoms with Crippen LogP contribution in [0.15, 0.2) is 42.0 Å². The molecule has 126 valence electrons. The van der Waals surface area contributed by atoms with E-state index in [1.54, 1.807) is 30.4 Å². The Morgan fingerprint density at radius 3 is 2.92 bits per heavy atom. The van der Waals surface area contributed by atoms with E-state index in [9.17, 15) is 14.7 Å². The molecule has 0 saturated carbocycles. The van der Waals surface area contributed by atoms with Crippen LogP contribution in [-0.2, 0) is 15.0 Å². The van der Waals surface area contributed by atoms with Crippen molar-refractivity contribution in [2.24, 2.45) is 5.73 Å². The minimum Gasteiger partial charge on any atom is -0.508 e. The van der Waals surface area contributed by atoms with E-state index < -0.39 is 11.3 Å². The molecule has 0 spiro atoms. The van der Waals surface area contributed by atoms with Crippen molar-refractivity contribution in [2.45, 2.75) is 11.8 Å². The average Bonchev–Trinajstić information content (AvgIpc) is 3.03. The number of nitrogens with one attached hydrogen (secondary N) is 1. The van der Waals surface area contributed by atoms with Gasteiger partial charge in [-0.3, -0.25) is 9.59 Å². The number of thiazole rings is 1. The van der Waals surface area contributed by atoms with Crippen molar-refractivity contribution in [3.63, 3.8) is 0 Å². The van der Waals surface area contributed by atoms with E-state index >= 15 is 0 Å². The molecule has 1 aromatic carbocycles. The fourth-order valence-electron chi connectivity index (χ4n) is 2.59. The van der Waals surface area contributed by atoms with E-state index in [-0.39, 0.29) is 24.6 Å². The standard InChI is InChI=1S/C18H15N3O3S/c1-2-9-20-15(23)11-5-7-18(8-6-11,16(19)24)17-21-13-4-3-12(22)10-14(13)25-17/h1,3-7,10,22H,8-9H2,(H2,19,24)(H,20,23). The molecule has 25 heavy (non-hydrogen) atoms. The number of phenolic OH excluding ortho intramolecular Hbond substituents is 1. The number of carbonyl (C=O) groups excluding carboxylic acids is 2. The van der Waals surface area contributed by atoms with E-state index in [1.165, 1.54) is 17.4 Å². The Morgan fingerprint density at radius 1 is 1.48 bits per heavy atom. The van der Waals surface area contributed by atoms with Crippen molar-refractivity contribution in [1.82, 2.24) is 10.3 Å². The Hall–Kier alpha value is -3.11. The van der Waals surface area contributed by atoms with Gasteiger partial charge in [0.2, 0.25) is 5.91 Å². The summed E-state index contributed by atoms with van der Waals surface area (Å²) in [4.78, 5) is 28.7. The topological polar surface area (TPSA) is 105 Å². The van der Waals surface area contributed by atoms with E-state index in [0.717, 1.165) is 4.70 Å². The predicted molar refractivity (Wildman–Crippen MR) is 95.8 cm³/mol. The Balaban J connectivity index is 1.95. The number of benzene rings is 1. The van der Waals surface area contributed by atoms with Crippen molar-refractivity contribution in [1.29, 1.82) is 0 Å². The number of amides is 2. The number of allylic oxidation sites excluding steroid dienone is 1. The summed E-state index contributed by atoms with van der Waals surface area (Å²) in [7, 11) is 0. The van der Waals surface area contributed by atoms with Gasteiger partial charge in [0, 0.05) is 5.57 Å². The number of hydrogen-bond acceptors (Lipinski definition) is 5. The molecule has 1 aliphatic carbocycles. The minimum atomic E-state index is -1.12. The van der Waals surface area contributed by atoms with Crippen molar-refractivity contribution in [3.8, 4) is 18.1 Å². The fourth-order valence-corrected chi connectivity index (χ4v) is 3.78. The summed E-state index contributed by atoms with van der Waals surface area (Å²) >= 11 is 1.29. The first-order valence-corrected chi connectivity index (χ1v) is 8.29. The number of aromatic hydroxyl groups is 1. The normalized spacial score (nSPS) is 19.2. The van der Waals surface area contributed by atoms with E-state index in [2.05, 4.69) is 16.2 Å². The smallest absolute Gasteiger partial charge is 0.251 e. The maximum absolute atomic E-state index is 12.2. The molecule has 0 bridgehead atoms. The average molecular weight is 353 g/mol. The van der Waals surface area contributed by atoms with Crippen LogP contribution in [0.5, 0.6) is 5.75 Å². The monoisotopic (exact) mass is 353 g/mol. The quantitative estimate of drug-likeness (QED) is 0.722. The van der Waals surface area contributed by atoms with Gasteiger partial charge in [-0.1, -0.05) is 24.1 Å². The van der Waals surface area contributed by atoms with Crippen LogP contribution in [0.3, 0.4) is 0 Å². The van der Waals surface area contributed by atoms with Crippen molar-refractivity contribution in [3.05, 3.63) is 47.0 Å². The Labute approximate surface area is 148 Å². The minimum absolute atomic E-state index is 0.127. The van der Waals surface area contributed by atoms with E-state index in [0.29, 0.717) is 16.1 Å². The van der Waals surface area contributed by atoms with E-state index in [4.69, 9.17) is 12.2 Å². The molecule has 1 heterocycles. The lowest BCUT2D eigenvalue weighted by atomic mass is 9.79. The number of hydrogen-bond donors (Lipinski definition) is 3. The first-order valence-electron chi connectivity index (χ1n) is 7.47. The van der Waals surface area contributed by atoms with Gasteiger partial charge in [-0.05, 0) is 24.6 Å². The molecule has 0 aliphatic heterocycles. The van der Waals surface area contributed by atoms with Crippen LogP contribution in [0.2, 0.25) is 0 Å². The van der Waals surface area contributed by atoms with Crippen molar-refractivity contribution < 1.29 is 14.7 Å². The van der Waals surface area contributed by atoms with Crippen LogP contribution in [-0.4, -0.2) is 28.4 Å². The lowest BCUT2D eigenvalue weighted by Crippen LogP contribution is -2.40. The zero-order valence-electron chi connectivity index (χ0n) is 13.2. The second kappa shape index (κ2) is 6.42. The Bertz CT molecular complexity index is 968. The number of fused-ring (bicyclic) bond motifs is 1. The third-order valence-corrected chi connectivity index (χ3v) is 5.19. The maximum atomic E-state index is 12.2. The number of nitrogens with two attached hydrogens (primary N) is 1. The molecule has 0 saturated heterocycles. The molecule has 3 rings (SSSR count). The molecule has 1 atom stereocenters. The van der Waals surface area contributed by atoms with Gasteiger partial charge in [0.15, 0.2) is 0 Å². The summed E-state index contributed by atoms with van der Waals surface area (Å²) in [6.07, 6.45) is 10.2. The molecule has 4 N–H and O–H groups in total. The number of rotatable bonds is 4. The predicted octanol–water partition coefficient (Wildman–Crippen LogP) is 1.36. The number of terminal acetylenes is 1. The molecular weight excluding hydrogens is 338 g/mol.